The maximum Gasteiger partial charge on any atom is 0.128 e. The zero-order valence-electron chi connectivity index (χ0n) is 11.9. The highest BCUT2D eigenvalue weighted by Gasteiger charge is 2.05. The molecular formula is C16H21N3. The Morgan fingerprint density at radius 2 is 1.79 bits per heavy atom. The molecular weight excluding hydrogens is 234 g/mol. The number of nitrogens with zero attached hydrogens (tertiary/aromatic N) is 2. The second-order valence-electron chi connectivity index (χ2n) is 4.93. The van der Waals surface area contributed by atoms with Crippen molar-refractivity contribution in [1.29, 1.82) is 0 Å². The Balaban J connectivity index is 2.10. The fourth-order valence-corrected chi connectivity index (χ4v) is 2.00. The molecule has 1 aromatic heterocycles. The van der Waals surface area contributed by atoms with Crippen molar-refractivity contribution >= 4 is 11.5 Å². The third-order valence-electron chi connectivity index (χ3n) is 3.38. The summed E-state index contributed by atoms with van der Waals surface area (Å²) in [6, 6.07) is 10.8. The number of pyridine rings is 1. The lowest BCUT2D eigenvalue weighted by Crippen LogP contribution is -2.18. The molecule has 100 valence electrons. The summed E-state index contributed by atoms with van der Waals surface area (Å²) < 4.78 is 0. The van der Waals surface area contributed by atoms with Crippen LogP contribution < -0.4 is 10.6 Å². The molecule has 0 unspecified atom stereocenters. The van der Waals surface area contributed by atoms with E-state index in [2.05, 4.69) is 41.1 Å². The molecule has 2 aromatic rings. The van der Waals surface area contributed by atoms with Gasteiger partial charge in [-0.25, -0.2) is 4.98 Å². The Hall–Kier alpha value is -2.03. The Kier molecular flexibility index (Phi) is 4.05. The van der Waals surface area contributed by atoms with Crippen molar-refractivity contribution in [2.75, 3.05) is 17.7 Å². The summed E-state index contributed by atoms with van der Waals surface area (Å²) in [5.41, 5.74) is 10.3. The molecule has 1 heterocycles. The molecule has 19 heavy (non-hydrogen) atoms. The molecule has 1 aromatic carbocycles. The quantitative estimate of drug-likeness (QED) is 0.912. The number of hydrogen-bond donors (Lipinski definition) is 1. The fraction of sp³-hybridized carbons (Fsp3) is 0.312. The number of rotatable bonds is 4. The second-order valence-corrected chi connectivity index (χ2v) is 4.93. The summed E-state index contributed by atoms with van der Waals surface area (Å²) in [4.78, 5) is 6.50. The van der Waals surface area contributed by atoms with Gasteiger partial charge in [0.15, 0.2) is 0 Å². The van der Waals surface area contributed by atoms with Crippen molar-refractivity contribution in [3.05, 3.63) is 53.2 Å². The molecule has 3 nitrogen and oxygen atoms in total. The van der Waals surface area contributed by atoms with Crippen LogP contribution in [0, 0.1) is 6.92 Å². The highest BCUT2D eigenvalue weighted by molar-refractivity contribution is 5.52. The van der Waals surface area contributed by atoms with Crippen molar-refractivity contribution in [2.24, 2.45) is 0 Å². The average molecular weight is 255 g/mol. The lowest BCUT2D eigenvalue weighted by atomic mass is 10.1. The van der Waals surface area contributed by atoms with Gasteiger partial charge in [0.05, 0.1) is 11.9 Å². The number of nitrogen functional groups attached to an aromatic ring is 1. The van der Waals surface area contributed by atoms with Crippen LogP contribution in [-0.4, -0.2) is 12.0 Å². The van der Waals surface area contributed by atoms with Crippen molar-refractivity contribution in [1.82, 2.24) is 4.98 Å². The predicted molar refractivity (Wildman–Crippen MR) is 81.3 cm³/mol. The van der Waals surface area contributed by atoms with Crippen molar-refractivity contribution in [3.63, 3.8) is 0 Å². The van der Waals surface area contributed by atoms with E-state index in [1.807, 2.05) is 20.0 Å². The zero-order chi connectivity index (χ0) is 13.8. The van der Waals surface area contributed by atoms with E-state index in [9.17, 15) is 0 Å². The molecule has 0 atom stereocenters. The van der Waals surface area contributed by atoms with E-state index in [1.165, 1.54) is 11.1 Å². The molecule has 0 saturated carbocycles. The minimum absolute atomic E-state index is 0.740. The minimum atomic E-state index is 0.740. The van der Waals surface area contributed by atoms with Gasteiger partial charge in [-0.2, -0.15) is 0 Å². The van der Waals surface area contributed by atoms with Crippen LogP contribution in [0.4, 0.5) is 11.5 Å². The maximum absolute atomic E-state index is 5.79. The predicted octanol–water partition coefficient (Wildman–Crippen LogP) is 3.17. The van der Waals surface area contributed by atoms with Crippen LogP contribution in [0.2, 0.25) is 0 Å². The Labute approximate surface area is 115 Å². The van der Waals surface area contributed by atoms with Crippen LogP contribution in [0.15, 0.2) is 36.5 Å². The minimum Gasteiger partial charge on any atom is -0.397 e. The van der Waals surface area contributed by atoms with E-state index >= 15 is 0 Å². The standard InChI is InChI=1S/C16H21N3/c1-4-13-5-7-14(8-6-13)11-19(3)16-9-12(2)15(17)10-18-16/h5-10H,4,11,17H2,1-3H3. The normalized spacial score (nSPS) is 10.5. The fourth-order valence-electron chi connectivity index (χ4n) is 2.00. The zero-order valence-corrected chi connectivity index (χ0v) is 11.9. The van der Waals surface area contributed by atoms with E-state index < -0.39 is 0 Å². The molecule has 3 heteroatoms. The largest absolute Gasteiger partial charge is 0.397 e. The molecule has 0 aliphatic rings. The molecule has 0 aliphatic carbocycles. The third kappa shape index (κ3) is 3.25. The molecule has 0 bridgehead atoms. The molecule has 0 spiro atoms. The van der Waals surface area contributed by atoms with Crippen LogP contribution in [0.25, 0.3) is 0 Å². The van der Waals surface area contributed by atoms with Gasteiger partial charge in [0.2, 0.25) is 0 Å². The molecule has 0 aliphatic heterocycles. The van der Waals surface area contributed by atoms with Crippen LogP contribution in [-0.2, 0) is 13.0 Å². The molecule has 0 fully saturated rings. The summed E-state index contributed by atoms with van der Waals surface area (Å²) >= 11 is 0. The number of aryl methyl sites for hydroxylation is 2. The van der Waals surface area contributed by atoms with E-state index in [0.717, 1.165) is 30.0 Å². The topological polar surface area (TPSA) is 42.1 Å². The lowest BCUT2D eigenvalue weighted by Gasteiger charge is -2.19. The van der Waals surface area contributed by atoms with Gasteiger partial charge in [0, 0.05) is 13.6 Å². The highest BCUT2D eigenvalue weighted by atomic mass is 15.2. The smallest absolute Gasteiger partial charge is 0.128 e. The number of hydrogen-bond acceptors (Lipinski definition) is 3. The van der Waals surface area contributed by atoms with Crippen LogP contribution >= 0.6 is 0 Å². The van der Waals surface area contributed by atoms with E-state index in [-0.39, 0.29) is 0 Å². The van der Waals surface area contributed by atoms with Gasteiger partial charge in [-0.15, -0.1) is 0 Å². The lowest BCUT2D eigenvalue weighted by molar-refractivity contribution is 0.895. The molecule has 2 N–H and O–H groups in total. The second kappa shape index (κ2) is 5.74. The van der Waals surface area contributed by atoms with Crippen LogP contribution in [0.3, 0.4) is 0 Å². The first-order valence-electron chi connectivity index (χ1n) is 6.61. The summed E-state index contributed by atoms with van der Waals surface area (Å²) in [6.45, 7) is 5.02. The first-order chi connectivity index (χ1) is 9.10. The highest BCUT2D eigenvalue weighted by Crippen LogP contribution is 2.18. The Morgan fingerprint density at radius 1 is 1.16 bits per heavy atom. The van der Waals surface area contributed by atoms with Gasteiger partial charge in [0.1, 0.15) is 5.82 Å². The molecule has 0 radical (unpaired) electrons. The molecule has 0 amide bonds. The van der Waals surface area contributed by atoms with Gasteiger partial charge >= 0.3 is 0 Å². The SMILES string of the molecule is CCc1ccc(CN(C)c2cc(C)c(N)cn2)cc1. The summed E-state index contributed by atoms with van der Waals surface area (Å²) in [5, 5.41) is 0. The number of anilines is 2. The number of benzene rings is 1. The van der Waals surface area contributed by atoms with Gasteiger partial charge in [-0.1, -0.05) is 31.2 Å². The Bertz CT molecular complexity index is 546. The van der Waals surface area contributed by atoms with E-state index in [0.29, 0.717) is 0 Å². The van der Waals surface area contributed by atoms with Crippen molar-refractivity contribution < 1.29 is 0 Å². The molecule has 2 rings (SSSR count). The average Bonchev–Trinajstić information content (AvgIpc) is 2.42. The van der Waals surface area contributed by atoms with Crippen LogP contribution in [0.5, 0.6) is 0 Å². The first-order valence-corrected chi connectivity index (χ1v) is 6.61. The van der Waals surface area contributed by atoms with Gasteiger partial charge in [-0.3, -0.25) is 0 Å². The van der Waals surface area contributed by atoms with Gasteiger partial charge < -0.3 is 10.6 Å². The van der Waals surface area contributed by atoms with E-state index in [4.69, 9.17) is 5.73 Å². The monoisotopic (exact) mass is 255 g/mol. The van der Waals surface area contributed by atoms with Gasteiger partial charge in [0.25, 0.3) is 0 Å². The molecule has 0 saturated heterocycles. The van der Waals surface area contributed by atoms with Gasteiger partial charge in [-0.05, 0) is 36.1 Å². The third-order valence-corrected chi connectivity index (χ3v) is 3.38. The van der Waals surface area contributed by atoms with E-state index in [1.54, 1.807) is 6.20 Å². The number of aromatic nitrogens is 1. The first kappa shape index (κ1) is 13.4. The van der Waals surface area contributed by atoms with Crippen molar-refractivity contribution in [3.8, 4) is 0 Å². The van der Waals surface area contributed by atoms with Crippen LogP contribution in [0.1, 0.15) is 23.6 Å². The van der Waals surface area contributed by atoms with Crippen molar-refractivity contribution in [2.45, 2.75) is 26.8 Å². The summed E-state index contributed by atoms with van der Waals surface area (Å²) in [6.07, 6.45) is 2.80. The summed E-state index contributed by atoms with van der Waals surface area (Å²) in [7, 11) is 2.05. The summed E-state index contributed by atoms with van der Waals surface area (Å²) in [5.74, 6) is 0.950. The number of nitrogens with two attached hydrogens (primary N) is 1. The Morgan fingerprint density at radius 3 is 2.37 bits per heavy atom. The maximum atomic E-state index is 5.79.